The Morgan fingerprint density at radius 2 is 1.26 bits per heavy atom. The molecule has 0 spiro atoms. The SMILES string of the molecule is O=C1OC(c2ccccc2)(c2ccccc2)CC(O)=C1Cc1ccccc1. The van der Waals surface area contributed by atoms with Crippen molar-refractivity contribution < 1.29 is 14.6 Å². The molecule has 3 aromatic carbocycles. The molecule has 3 nitrogen and oxygen atoms in total. The highest BCUT2D eigenvalue weighted by atomic mass is 16.6. The summed E-state index contributed by atoms with van der Waals surface area (Å²) in [6.45, 7) is 0. The molecule has 0 amide bonds. The number of benzene rings is 3. The van der Waals surface area contributed by atoms with Crippen LogP contribution >= 0.6 is 0 Å². The van der Waals surface area contributed by atoms with Gasteiger partial charge in [-0.05, 0) is 5.56 Å². The van der Waals surface area contributed by atoms with Crippen LogP contribution < -0.4 is 0 Å². The summed E-state index contributed by atoms with van der Waals surface area (Å²) in [7, 11) is 0. The van der Waals surface area contributed by atoms with Gasteiger partial charge >= 0.3 is 5.97 Å². The molecule has 0 saturated carbocycles. The second kappa shape index (κ2) is 7.12. The van der Waals surface area contributed by atoms with E-state index in [0.29, 0.717) is 12.0 Å². The number of hydrogen-bond donors (Lipinski definition) is 1. The van der Waals surface area contributed by atoms with E-state index in [1.165, 1.54) is 0 Å². The number of hydrogen-bond acceptors (Lipinski definition) is 3. The van der Waals surface area contributed by atoms with E-state index in [4.69, 9.17) is 4.74 Å². The number of carbonyl (C=O) groups is 1. The number of cyclic esters (lactones) is 1. The summed E-state index contributed by atoms with van der Waals surface area (Å²) < 4.78 is 6.04. The molecule has 1 aliphatic heterocycles. The topological polar surface area (TPSA) is 46.5 Å². The van der Waals surface area contributed by atoms with Gasteiger partial charge < -0.3 is 9.84 Å². The van der Waals surface area contributed by atoms with E-state index in [2.05, 4.69) is 0 Å². The Morgan fingerprint density at radius 3 is 1.74 bits per heavy atom. The lowest BCUT2D eigenvalue weighted by Crippen LogP contribution is -2.39. The summed E-state index contributed by atoms with van der Waals surface area (Å²) in [5.74, 6) is -0.391. The van der Waals surface area contributed by atoms with Crippen LogP contribution in [0.1, 0.15) is 23.1 Å². The first kappa shape index (κ1) is 17.1. The molecule has 0 bridgehead atoms. The Kier molecular flexibility index (Phi) is 4.51. The number of ether oxygens (including phenoxy) is 1. The van der Waals surface area contributed by atoms with Crippen LogP contribution in [-0.4, -0.2) is 11.1 Å². The van der Waals surface area contributed by atoms with Crippen molar-refractivity contribution in [3.05, 3.63) is 119 Å². The van der Waals surface area contributed by atoms with Crippen LogP contribution in [0.4, 0.5) is 0 Å². The molecule has 0 fully saturated rings. The standard InChI is InChI=1S/C24H20O3/c25-22-17-24(19-12-6-2-7-13-19,20-14-8-3-9-15-20)27-23(26)21(22)16-18-10-4-1-5-11-18/h1-15,25H,16-17H2. The van der Waals surface area contributed by atoms with E-state index in [1.54, 1.807) is 0 Å². The molecule has 1 N–H and O–H groups in total. The first-order valence-corrected chi connectivity index (χ1v) is 8.98. The summed E-state index contributed by atoms with van der Waals surface area (Å²) in [6.07, 6.45) is 0.570. The van der Waals surface area contributed by atoms with Gasteiger partial charge in [0.2, 0.25) is 0 Å². The molecular weight excluding hydrogens is 336 g/mol. The third kappa shape index (κ3) is 3.24. The van der Waals surface area contributed by atoms with E-state index in [1.807, 2.05) is 91.0 Å². The summed E-state index contributed by atoms with van der Waals surface area (Å²) in [5.41, 5.74) is 1.94. The fourth-order valence-corrected chi connectivity index (χ4v) is 3.59. The lowest BCUT2D eigenvalue weighted by molar-refractivity contribution is -0.155. The molecule has 4 rings (SSSR count). The molecule has 1 heterocycles. The lowest BCUT2D eigenvalue weighted by Gasteiger charge is -2.38. The Hall–Kier alpha value is -3.33. The van der Waals surface area contributed by atoms with E-state index in [-0.39, 0.29) is 12.2 Å². The second-order valence-corrected chi connectivity index (χ2v) is 6.71. The number of aliphatic hydroxyl groups excluding tert-OH is 1. The zero-order valence-electron chi connectivity index (χ0n) is 14.8. The van der Waals surface area contributed by atoms with Crippen LogP contribution in [0.2, 0.25) is 0 Å². The van der Waals surface area contributed by atoms with Gasteiger partial charge in [0.15, 0.2) is 5.60 Å². The molecule has 0 radical (unpaired) electrons. The van der Waals surface area contributed by atoms with Crippen molar-refractivity contribution in [2.24, 2.45) is 0 Å². The molecule has 1 aliphatic rings. The highest BCUT2D eigenvalue weighted by Gasteiger charge is 2.44. The minimum absolute atomic E-state index is 0.0859. The normalized spacial score (nSPS) is 16.1. The number of aliphatic hydroxyl groups is 1. The first-order chi connectivity index (χ1) is 13.2. The number of rotatable bonds is 4. The van der Waals surface area contributed by atoms with Gasteiger partial charge in [-0.2, -0.15) is 0 Å². The Balaban J connectivity index is 1.78. The van der Waals surface area contributed by atoms with Crippen molar-refractivity contribution >= 4 is 5.97 Å². The molecule has 0 aliphatic carbocycles. The van der Waals surface area contributed by atoms with Gasteiger partial charge in [0.25, 0.3) is 0 Å². The predicted octanol–water partition coefficient (Wildman–Crippen LogP) is 4.93. The van der Waals surface area contributed by atoms with Crippen molar-refractivity contribution in [3.8, 4) is 0 Å². The van der Waals surface area contributed by atoms with Crippen LogP contribution in [0.15, 0.2) is 102 Å². The smallest absolute Gasteiger partial charge is 0.339 e. The molecule has 3 aromatic rings. The summed E-state index contributed by atoms with van der Waals surface area (Å²) >= 11 is 0. The highest BCUT2D eigenvalue weighted by Crippen LogP contribution is 2.43. The van der Waals surface area contributed by atoms with Gasteiger partial charge in [0.1, 0.15) is 5.76 Å². The predicted molar refractivity (Wildman–Crippen MR) is 104 cm³/mol. The van der Waals surface area contributed by atoms with E-state index >= 15 is 0 Å². The van der Waals surface area contributed by atoms with Crippen LogP contribution in [0, 0.1) is 0 Å². The third-order valence-electron chi connectivity index (χ3n) is 4.98. The molecular formula is C24H20O3. The fourth-order valence-electron chi connectivity index (χ4n) is 3.59. The lowest BCUT2D eigenvalue weighted by atomic mass is 9.80. The van der Waals surface area contributed by atoms with Gasteiger partial charge in [-0.3, -0.25) is 0 Å². The summed E-state index contributed by atoms with van der Waals surface area (Å²) in [5, 5.41) is 10.8. The van der Waals surface area contributed by atoms with Gasteiger partial charge in [-0.1, -0.05) is 91.0 Å². The average molecular weight is 356 g/mol. The summed E-state index contributed by atoms with van der Waals surface area (Å²) in [4.78, 5) is 12.9. The van der Waals surface area contributed by atoms with E-state index < -0.39 is 11.6 Å². The average Bonchev–Trinajstić information content (AvgIpc) is 2.72. The zero-order valence-corrected chi connectivity index (χ0v) is 14.8. The van der Waals surface area contributed by atoms with E-state index in [9.17, 15) is 9.90 Å². The largest absolute Gasteiger partial charge is 0.512 e. The molecule has 0 aromatic heterocycles. The van der Waals surface area contributed by atoms with Crippen molar-refractivity contribution in [2.75, 3.05) is 0 Å². The van der Waals surface area contributed by atoms with Gasteiger partial charge in [-0.15, -0.1) is 0 Å². The maximum absolute atomic E-state index is 12.9. The number of carbonyl (C=O) groups excluding carboxylic acids is 1. The second-order valence-electron chi connectivity index (χ2n) is 6.71. The molecule has 134 valence electrons. The monoisotopic (exact) mass is 356 g/mol. The van der Waals surface area contributed by atoms with E-state index in [0.717, 1.165) is 16.7 Å². The zero-order chi connectivity index (χ0) is 18.7. The highest BCUT2D eigenvalue weighted by molar-refractivity contribution is 5.91. The molecule has 0 saturated heterocycles. The molecule has 3 heteroatoms. The van der Waals surface area contributed by atoms with Crippen molar-refractivity contribution in [1.82, 2.24) is 0 Å². The Labute approximate surface area is 158 Å². The number of esters is 1. The molecule has 27 heavy (non-hydrogen) atoms. The van der Waals surface area contributed by atoms with Crippen LogP contribution in [0.5, 0.6) is 0 Å². The van der Waals surface area contributed by atoms with Crippen LogP contribution in [0.25, 0.3) is 0 Å². The first-order valence-electron chi connectivity index (χ1n) is 8.98. The van der Waals surface area contributed by atoms with Crippen LogP contribution in [0.3, 0.4) is 0 Å². The Bertz CT molecular complexity index is 921. The van der Waals surface area contributed by atoms with Crippen molar-refractivity contribution in [2.45, 2.75) is 18.4 Å². The van der Waals surface area contributed by atoms with Crippen LogP contribution in [-0.2, 0) is 21.6 Å². The van der Waals surface area contributed by atoms with Gasteiger partial charge in [0.05, 0.1) is 12.0 Å². The summed E-state index contributed by atoms with van der Waals surface area (Å²) in [6, 6.07) is 28.8. The minimum Gasteiger partial charge on any atom is -0.512 e. The Morgan fingerprint density at radius 1 is 0.778 bits per heavy atom. The van der Waals surface area contributed by atoms with Crippen molar-refractivity contribution in [1.29, 1.82) is 0 Å². The maximum Gasteiger partial charge on any atom is 0.339 e. The quantitative estimate of drug-likeness (QED) is 0.674. The molecule has 0 unspecified atom stereocenters. The van der Waals surface area contributed by atoms with Gasteiger partial charge in [0, 0.05) is 17.5 Å². The van der Waals surface area contributed by atoms with Gasteiger partial charge in [-0.25, -0.2) is 4.79 Å². The molecule has 0 atom stereocenters. The minimum atomic E-state index is -1.02. The third-order valence-corrected chi connectivity index (χ3v) is 4.98. The fraction of sp³-hybridized carbons (Fsp3) is 0.125. The van der Waals surface area contributed by atoms with Crippen molar-refractivity contribution in [3.63, 3.8) is 0 Å². The maximum atomic E-state index is 12.9.